The summed E-state index contributed by atoms with van der Waals surface area (Å²) in [6.45, 7) is 2.58. The molecule has 2 aromatic rings. The second-order valence-electron chi connectivity index (χ2n) is 3.80. The Bertz CT molecular complexity index is 608. The molecule has 0 saturated heterocycles. The van der Waals surface area contributed by atoms with Crippen LogP contribution in [0.2, 0.25) is 0 Å². The number of carbonyl (C=O) groups excluding carboxylic acids is 1. The summed E-state index contributed by atoms with van der Waals surface area (Å²) in [6, 6.07) is 11.1. The average molecular weight is 353 g/mol. The van der Waals surface area contributed by atoms with Crippen LogP contribution >= 0.6 is 27.3 Å². The van der Waals surface area contributed by atoms with Crippen molar-refractivity contribution in [1.82, 2.24) is 5.43 Å². The molecule has 4 nitrogen and oxygen atoms in total. The van der Waals surface area contributed by atoms with E-state index in [-0.39, 0.29) is 5.91 Å². The summed E-state index contributed by atoms with van der Waals surface area (Å²) in [5.41, 5.74) is 3.38. The Morgan fingerprint density at radius 3 is 2.70 bits per heavy atom. The van der Waals surface area contributed by atoms with Gasteiger partial charge in [0.15, 0.2) is 0 Å². The molecule has 1 N–H and O–H groups in total. The molecule has 0 saturated carbocycles. The Hall–Kier alpha value is -1.66. The van der Waals surface area contributed by atoms with E-state index in [9.17, 15) is 4.79 Å². The number of amides is 1. The fraction of sp³-hybridized carbons (Fsp3) is 0.143. The van der Waals surface area contributed by atoms with E-state index in [4.69, 9.17) is 4.74 Å². The van der Waals surface area contributed by atoms with Gasteiger partial charge in [0.2, 0.25) is 0 Å². The molecule has 1 aromatic heterocycles. The first-order valence-electron chi connectivity index (χ1n) is 6.00. The Labute approximate surface area is 129 Å². The van der Waals surface area contributed by atoms with Crippen LogP contribution in [0.25, 0.3) is 0 Å². The van der Waals surface area contributed by atoms with E-state index >= 15 is 0 Å². The van der Waals surface area contributed by atoms with Crippen molar-refractivity contribution in [3.63, 3.8) is 0 Å². The summed E-state index contributed by atoms with van der Waals surface area (Å²) in [5.74, 6) is 0.597. The number of nitrogens with zero attached hydrogens (tertiary/aromatic N) is 1. The van der Waals surface area contributed by atoms with Crippen LogP contribution in [-0.4, -0.2) is 18.7 Å². The number of hydrazone groups is 1. The first-order valence-corrected chi connectivity index (χ1v) is 7.61. The lowest BCUT2D eigenvalue weighted by Crippen LogP contribution is -2.16. The van der Waals surface area contributed by atoms with Crippen molar-refractivity contribution in [3.8, 4) is 5.75 Å². The molecule has 0 atom stereocenters. The number of carbonyl (C=O) groups is 1. The first kappa shape index (κ1) is 14.7. The molecular weight excluding hydrogens is 340 g/mol. The highest BCUT2D eigenvalue weighted by Gasteiger charge is 2.06. The van der Waals surface area contributed by atoms with E-state index in [1.807, 2.05) is 37.3 Å². The zero-order valence-electron chi connectivity index (χ0n) is 10.8. The van der Waals surface area contributed by atoms with E-state index < -0.39 is 0 Å². The zero-order valence-corrected chi connectivity index (χ0v) is 13.2. The van der Waals surface area contributed by atoms with Crippen LogP contribution in [0.5, 0.6) is 5.75 Å². The van der Waals surface area contributed by atoms with Gasteiger partial charge in [0.25, 0.3) is 5.91 Å². The SMILES string of the molecule is CCOc1ccc(/C=N\NC(=O)c2ccc(Br)s2)cc1. The largest absolute Gasteiger partial charge is 0.494 e. The predicted octanol–water partition coefficient (Wildman–Crippen LogP) is 3.67. The highest BCUT2D eigenvalue weighted by molar-refractivity contribution is 9.11. The minimum atomic E-state index is -0.220. The van der Waals surface area contributed by atoms with Gasteiger partial charge in [-0.25, -0.2) is 5.43 Å². The van der Waals surface area contributed by atoms with Crippen LogP contribution in [0.1, 0.15) is 22.2 Å². The third-order valence-corrected chi connectivity index (χ3v) is 3.99. The molecule has 1 amide bonds. The van der Waals surface area contributed by atoms with E-state index in [0.717, 1.165) is 15.1 Å². The van der Waals surface area contributed by atoms with Crippen molar-refractivity contribution in [1.29, 1.82) is 0 Å². The van der Waals surface area contributed by atoms with Gasteiger partial charge in [0.1, 0.15) is 5.75 Å². The van der Waals surface area contributed by atoms with Crippen LogP contribution in [0.15, 0.2) is 45.3 Å². The second-order valence-corrected chi connectivity index (χ2v) is 6.27. The zero-order chi connectivity index (χ0) is 14.4. The lowest BCUT2D eigenvalue weighted by molar-refractivity contribution is 0.0959. The Balaban J connectivity index is 1.91. The maximum atomic E-state index is 11.7. The Morgan fingerprint density at radius 2 is 2.10 bits per heavy atom. The first-order chi connectivity index (χ1) is 9.69. The molecule has 0 aliphatic carbocycles. The fourth-order valence-corrected chi connectivity index (χ4v) is 2.75. The topological polar surface area (TPSA) is 50.7 Å². The standard InChI is InChI=1S/C14H13BrN2O2S/c1-2-19-11-5-3-10(4-6-11)9-16-17-14(18)12-7-8-13(15)20-12/h3-9H,2H2,1H3,(H,17,18)/b16-9-. The van der Waals surface area contributed by atoms with Crippen LogP contribution in [-0.2, 0) is 0 Å². The van der Waals surface area contributed by atoms with Gasteiger partial charge < -0.3 is 4.74 Å². The van der Waals surface area contributed by atoms with Crippen molar-refractivity contribution in [3.05, 3.63) is 50.6 Å². The highest BCUT2D eigenvalue weighted by atomic mass is 79.9. The molecule has 104 valence electrons. The number of benzene rings is 1. The fourth-order valence-electron chi connectivity index (χ4n) is 1.47. The lowest BCUT2D eigenvalue weighted by atomic mass is 10.2. The number of rotatable bonds is 5. The molecule has 0 radical (unpaired) electrons. The van der Waals surface area contributed by atoms with Crippen LogP contribution in [0, 0.1) is 0 Å². The summed E-state index contributed by atoms with van der Waals surface area (Å²) < 4.78 is 6.26. The predicted molar refractivity (Wildman–Crippen MR) is 84.7 cm³/mol. The molecule has 0 bridgehead atoms. The van der Waals surface area contributed by atoms with Gasteiger partial charge in [-0.15, -0.1) is 11.3 Å². The molecule has 2 rings (SSSR count). The van der Waals surface area contributed by atoms with Gasteiger partial charge in [0.05, 0.1) is 21.5 Å². The molecular formula is C14H13BrN2O2S. The summed E-state index contributed by atoms with van der Waals surface area (Å²) in [7, 11) is 0. The Morgan fingerprint density at radius 1 is 1.35 bits per heavy atom. The number of ether oxygens (including phenoxy) is 1. The van der Waals surface area contributed by atoms with E-state index in [0.29, 0.717) is 11.5 Å². The van der Waals surface area contributed by atoms with Gasteiger partial charge in [-0.3, -0.25) is 4.79 Å². The minimum absolute atomic E-state index is 0.220. The molecule has 0 aliphatic heterocycles. The smallest absolute Gasteiger partial charge is 0.281 e. The molecule has 1 aromatic carbocycles. The van der Waals surface area contributed by atoms with Gasteiger partial charge >= 0.3 is 0 Å². The molecule has 20 heavy (non-hydrogen) atoms. The average Bonchev–Trinajstić information content (AvgIpc) is 2.88. The van der Waals surface area contributed by atoms with Crippen LogP contribution in [0.4, 0.5) is 0 Å². The molecule has 0 fully saturated rings. The molecule has 0 aliphatic rings. The minimum Gasteiger partial charge on any atom is -0.494 e. The van der Waals surface area contributed by atoms with Gasteiger partial charge in [0, 0.05) is 0 Å². The van der Waals surface area contributed by atoms with Gasteiger partial charge in [-0.2, -0.15) is 5.10 Å². The summed E-state index contributed by atoms with van der Waals surface area (Å²) in [5, 5.41) is 3.93. The number of hydrogen-bond donors (Lipinski definition) is 1. The van der Waals surface area contributed by atoms with Crippen molar-refractivity contribution >= 4 is 39.4 Å². The molecule has 6 heteroatoms. The van der Waals surface area contributed by atoms with Crippen molar-refractivity contribution < 1.29 is 9.53 Å². The molecule has 0 unspecified atom stereocenters. The number of hydrogen-bond acceptors (Lipinski definition) is 4. The van der Waals surface area contributed by atoms with E-state index in [1.54, 1.807) is 12.3 Å². The molecule has 0 spiro atoms. The summed E-state index contributed by atoms with van der Waals surface area (Å²) in [4.78, 5) is 12.3. The Kier molecular flexibility index (Phi) is 5.31. The monoisotopic (exact) mass is 352 g/mol. The van der Waals surface area contributed by atoms with Crippen molar-refractivity contribution in [2.45, 2.75) is 6.92 Å². The maximum Gasteiger partial charge on any atom is 0.281 e. The maximum absolute atomic E-state index is 11.7. The van der Waals surface area contributed by atoms with E-state index in [2.05, 4.69) is 26.5 Å². The van der Waals surface area contributed by atoms with Gasteiger partial charge in [-0.1, -0.05) is 0 Å². The number of halogens is 1. The summed E-state index contributed by atoms with van der Waals surface area (Å²) in [6.07, 6.45) is 1.59. The molecule has 1 heterocycles. The van der Waals surface area contributed by atoms with Crippen LogP contribution in [0.3, 0.4) is 0 Å². The van der Waals surface area contributed by atoms with Crippen molar-refractivity contribution in [2.75, 3.05) is 6.61 Å². The number of thiophene rings is 1. The van der Waals surface area contributed by atoms with Gasteiger partial charge in [-0.05, 0) is 64.8 Å². The summed E-state index contributed by atoms with van der Waals surface area (Å²) >= 11 is 4.68. The lowest BCUT2D eigenvalue weighted by Gasteiger charge is -2.02. The van der Waals surface area contributed by atoms with Crippen molar-refractivity contribution in [2.24, 2.45) is 5.10 Å². The third kappa shape index (κ3) is 4.18. The normalized spacial score (nSPS) is 10.7. The van der Waals surface area contributed by atoms with E-state index in [1.165, 1.54) is 11.3 Å². The second kappa shape index (κ2) is 7.21. The quantitative estimate of drug-likeness (QED) is 0.659. The number of nitrogens with one attached hydrogen (secondary N) is 1. The third-order valence-electron chi connectivity index (χ3n) is 2.37. The highest BCUT2D eigenvalue weighted by Crippen LogP contribution is 2.21. The van der Waals surface area contributed by atoms with Crippen LogP contribution < -0.4 is 10.2 Å².